The molecule has 3 N–H and O–H groups in total. The topological polar surface area (TPSA) is 155 Å². The van der Waals surface area contributed by atoms with Crippen LogP contribution in [0, 0.1) is 5.92 Å². The van der Waals surface area contributed by atoms with E-state index in [9.17, 15) is 19.3 Å². The third-order valence-electron chi connectivity index (χ3n) is 4.94. The number of amides is 1. The number of carbonyl (C=O) groups excluding carboxylic acids is 1. The average Bonchev–Trinajstić information content (AvgIpc) is 3.16. The van der Waals surface area contributed by atoms with E-state index in [-0.39, 0.29) is 48.6 Å². The van der Waals surface area contributed by atoms with Crippen molar-refractivity contribution in [2.45, 2.75) is 26.2 Å². The van der Waals surface area contributed by atoms with E-state index >= 15 is 0 Å². The molecule has 1 aliphatic heterocycles. The predicted octanol–water partition coefficient (Wildman–Crippen LogP) is 0.222. The van der Waals surface area contributed by atoms with Crippen molar-refractivity contribution in [2.24, 2.45) is 5.92 Å². The summed E-state index contributed by atoms with van der Waals surface area (Å²) in [5.74, 6) is -0.623. The van der Waals surface area contributed by atoms with Crippen molar-refractivity contribution in [3.63, 3.8) is 0 Å². The zero-order chi connectivity index (χ0) is 22.9. The molecule has 2 aromatic rings. The summed E-state index contributed by atoms with van der Waals surface area (Å²) in [6, 6.07) is 0. The standard InChI is InChI=1S/C17H28N7O6P/c1-10(2)15(26)20-17-19-14-13(16(27)21-17)18-9-24(14)12-7-23(6-11(8-25)30-12)31(28,29-5)22(3)4/h9-12,25H,6-8H2,1-5H3,(H2,19,20,21,26,27). The molecule has 1 aliphatic rings. The fourth-order valence-electron chi connectivity index (χ4n) is 3.25. The van der Waals surface area contributed by atoms with Gasteiger partial charge < -0.3 is 14.4 Å². The van der Waals surface area contributed by atoms with Gasteiger partial charge in [0, 0.05) is 19.6 Å². The number of imidazole rings is 1. The lowest BCUT2D eigenvalue weighted by Crippen LogP contribution is -2.47. The lowest BCUT2D eigenvalue weighted by atomic mass is 10.2. The molecule has 0 aromatic carbocycles. The van der Waals surface area contributed by atoms with E-state index in [0.717, 1.165) is 0 Å². The van der Waals surface area contributed by atoms with Crippen molar-refractivity contribution in [2.75, 3.05) is 46.2 Å². The second-order valence-corrected chi connectivity index (χ2v) is 10.4. The van der Waals surface area contributed by atoms with Gasteiger partial charge >= 0.3 is 7.67 Å². The van der Waals surface area contributed by atoms with Gasteiger partial charge in [-0.3, -0.25) is 29.0 Å². The molecule has 31 heavy (non-hydrogen) atoms. The molecule has 172 valence electrons. The van der Waals surface area contributed by atoms with E-state index in [2.05, 4.69) is 20.3 Å². The number of nitrogens with zero attached hydrogens (tertiary/aromatic N) is 5. The van der Waals surface area contributed by atoms with E-state index in [4.69, 9.17) is 9.26 Å². The maximum Gasteiger partial charge on any atom is 0.345 e. The number of morpholine rings is 1. The first kappa shape index (κ1) is 23.5. The molecule has 3 rings (SSSR count). The quantitative estimate of drug-likeness (QED) is 0.492. The van der Waals surface area contributed by atoms with Crippen LogP contribution < -0.4 is 10.9 Å². The Balaban J connectivity index is 2.01. The fraction of sp³-hybridized carbons (Fsp3) is 0.647. The predicted molar refractivity (Wildman–Crippen MR) is 112 cm³/mol. The lowest BCUT2D eigenvalue weighted by Gasteiger charge is -2.42. The number of rotatable bonds is 7. The molecule has 14 heteroatoms. The van der Waals surface area contributed by atoms with Crippen molar-refractivity contribution in [3.05, 3.63) is 16.7 Å². The van der Waals surface area contributed by atoms with Gasteiger partial charge in [-0.15, -0.1) is 0 Å². The SMILES string of the molecule is COP(=O)(N(C)C)N1CC(CO)OC(n2cnc3c(=O)[nH]c(NC(=O)C(C)C)nc32)C1. The van der Waals surface area contributed by atoms with Crippen molar-refractivity contribution < 1.29 is 23.7 Å². The van der Waals surface area contributed by atoms with Gasteiger partial charge in [0.1, 0.15) is 6.23 Å². The number of ether oxygens (including phenoxy) is 1. The third-order valence-corrected chi connectivity index (χ3v) is 7.47. The molecule has 3 atom stereocenters. The maximum atomic E-state index is 13.3. The molecular weight excluding hydrogens is 429 g/mol. The van der Waals surface area contributed by atoms with Crippen LogP contribution >= 0.6 is 7.67 Å². The first-order valence-corrected chi connectivity index (χ1v) is 11.3. The summed E-state index contributed by atoms with van der Waals surface area (Å²) in [6.45, 7) is 3.45. The highest BCUT2D eigenvalue weighted by Gasteiger charge is 2.41. The Bertz CT molecular complexity index is 1050. The van der Waals surface area contributed by atoms with Gasteiger partial charge in [-0.1, -0.05) is 13.8 Å². The molecule has 0 saturated carbocycles. The molecule has 1 amide bonds. The van der Waals surface area contributed by atoms with Gasteiger partial charge in [0.25, 0.3) is 5.56 Å². The van der Waals surface area contributed by atoms with Crippen LogP contribution in [0.4, 0.5) is 5.95 Å². The highest BCUT2D eigenvalue weighted by molar-refractivity contribution is 7.53. The minimum Gasteiger partial charge on any atom is -0.394 e. The van der Waals surface area contributed by atoms with Crippen molar-refractivity contribution in [1.29, 1.82) is 0 Å². The zero-order valence-corrected chi connectivity index (χ0v) is 19.0. The summed E-state index contributed by atoms with van der Waals surface area (Å²) in [5, 5.41) is 12.3. The molecule has 1 fully saturated rings. The second kappa shape index (κ2) is 9.15. The van der Waals surface area contributed by atoms with E-state index in [1.165, 1.54) is 22.7 Å². The number of hydrogen-bond acceptors (Lipinski definition) is 8. The summed E-state index contributed by atoms with van der Waals surface area (Å²) in [5.41, 5.74) is -0.278. The summed E-state index contributed by atoms with van der Waals surface area (Å²) in [7, 11) is 1.29. The fourth-order valence-corrected chi connectivity index (χ4v) is 5.05. The number of nitrogens with one attached hydrogen (secondary N) is 2. The highest BCUT2D eigenvalue weighted by Crippen LogP contribution is 2.53. The number of anilines is 1. The van der Waals surface area contributed by atoms with Crippen LogP contribution in [0.5, 0.6) is 0 Å². The van der Waals surface area contributed by atoms with Crippen LogP contribution in [0.15, 0.2) is 11.1 Å². The average molecular weight is 457 g/mol. The minimum absolute atomic E-state index is 0.0137. The molecule has 1 saturated heterocycles. The lowest BCUT2D eigenvalue weighted by molar-refractivity contribution is -0.119. The normalized spacial score (nSPS) is 22.2. The molecule has 3 heterocycles. The van der Waals surface area contributed by atoms with Crippen molar-refractivity contribution >= 4 is 30.7 Å². The second-order valence-electron chi connectivity index (χ2n) is 7.67. The summed E-state index contributed by atoms with van der Waals surface area (Å²) in [4.78, 5) is 35.4. The van der Waals surface area contributed by atoms with Gasteiger partial charge in [-0.25, -0.2) is 14.3 Å². The molecule has 2 aromatic heterocycles. The number of H-pyrrole nitrogens is 1. The van der Waals surface area contributed by atoms with Gasteiger partial charge in [0.15, 0.2) is 11.2 Å². The first-order chi connectivity index (χ1) is 14.6. The monoisotopic (exact) mass is 457 g/mol. The number of fused-ring (bicyclic) bond motifs is 1. The largest absolute Gasteiger partial charge is 0.394 e. The zero-order valence-electron chi connectivity index (χ0n) is 18.1. The van der Waals surface area contributed by atoms with Crippen molar-refractivity contribution in [1.82, 2.24) is 28.9 Å². The van der Waals surface area contributed by atoms with Crippen LogP contribution in [0.3, 0.4) is 0 Å². The van der Waals surface area contributed by atoms with E-state index in [1.54, 1.807) is 32.6 Å². The Morgan fingerprint density at radius 2 is 2.19 bits per heavy atom. The smallest absolute Gasteiger partial charge is 0.345 e. The Morgan fingerprint density at radius 3 is 2.77 bits per heavy atom. The van der Waals surface area contributed by atoms with E-state index < -0.39 is 25.6 Å². The van der Waals surface area contributed by atoms with Crippen LogP contribution in [-0.2, 0) is 18.6 Å². The number of hydrogen-bond donors (Lipinski definition) is 3. The number of aliphatic hydroxyl groups is 1. The van der Waals surface area contributed by atoms with E-state index in [0.29, 0.717) is 0 Å². The molecule has 0 spiro atoms. The molecule has 13 nitrogen and oxygen atoms in total. The van der Waals surface area contributed by atoms with Crippen LogP contribution in [-0.4, -0.2) is 86.9 Å². The Morgan fingerprint density at radius 1 is 1.48 bits per heavy atom. The minimum atomic E-state index is -3.35. The number of aromatic nitrogens is 4. The van der Waals surface area contributed by atoms with Crippen LogP contribution in [0.25, 0.3) is 11.2 Å². The molecule has 3 unspecified atom stereocenters. The van der Waals surface area contributed by atoms with Crippen LogP contribution in [0.1, 0.15) is 20.1 Å². The first-order valence-electron chi connectivity index (χ1n) is 9.73. The van der Waals surface area contributed by atoms with E-state index in [1.807, 2.05) is 0 Å². The molecule has 0 aliphatic carbocycles. The van der Waals surface area contributed by atoms with Gasteiger partial charge in [0.05, 0.1) is 25.6 Å². The summed E-state index contributed by atoms with van der Waals surface area (Å²) in [6.07, 6.45) is -0.0271. The number of carbonyl (C=O) groups is 1. The Hall–Kier alpha value is -2.15. The van der Waals surface area contributed by atoms with Gasteiger partial charge in [0.2, 0.25) is 11.9 Å². The number of aliphatic hydroxyl groups excluding tert-OH is 1. The van der Waals surface area contributed by atoms with Gasteiger partial charge in [-0.2, -0.15) is 4.98 Å². The maximum absolute atomic E-state index is 13.3. The van der Waals surface area contributed by atoms with Crippen LogP contribution in [0.2, 0.25) is 0 Å². The summed E-state index contributed by atoms with van der Waals surface area (Å²) >= 11 is 0. The number of aromatic amines is 1. The Kier molecular flexibility index (Phi) is 6.94. The van der Waals surface area contributed by atoms with Crippen molar-refractivity contribution in [3.8, 4) is 0 Å². The van der Waals surface area contributed by atoms with Gasteiger partial charge in [-0.05, 0) is 14.1 Å². The Labute approximate surface area is 178 Å². The highest BCUT2D eigenvalue weighted by atomic mass is 31.2. The summed E-state index contributed by atoms with van der Waals surface area (Å²) < 4.78 is 29.2. The molecule has 0 radical (unpaired) electrons. The third kappa shape index (κ3) is 4.56. The molecular formula is C17H28N7O6P. The molecule has 0 bridgehead atoms.